The van der Waals surface area contributed by atoms with E-state index in [0.717, 1.165) is 45.1 Å². The Kier molecular flexibility index (Phi) is 11.6. The van der Waals surface area contributed by atoms with Crippen LogP contribution in [0.2, 0.25) is 0 Å². The van der Waals surface area contributed by atoms with Crippen LogP contribution in [0.25, 0.3) is 0 Å². The Morgan fingerprint density at radius 2 is 1.55 bits per heavy atom. The molecule has 3 atom stereocenters. The molecule has 4 rings (SSSR count). The van der Waals surface area contributed by atoms with E-state index in [1.807, 2.05) is 12.4 Å². The lowest BCUT2D eigenvalue weighted by atomic mass is 9.72. The second kappa shape index (κ2) is 15.3. The number of esters is 2. The predicted molar refractivity (Wildman–Crippen MR) is 167 cm³/mol. The lowest BCUT2D eigenvalue weighted by molar-refractivity contribution is -0.150. The molecule has 0 saturated heterocycles. The van der Waals surface area contributed by atoms with Gasteiger partial charge in [-0.3, -0.25) is 9.79 Å². The highest BCUT2D eigenvalue weighted by Crippen LogP contribution is 2.41. The number of methoxy groups -OCH3 is 2. The number of rotatable bonds is 14. The minimum Gasteiger partial charge on any atom is -0.469 e. The zero-order valence-corrected chi connectivity index (χ0v) is 25.9. The minimum absolute atomic E-state index is 0.130. The molecule has 2 aliphatic rings. The summed E-state index contributed by atoms with van der Waals surface area (Å²) < 4.78 is 10.3. The molecule has 7 heteroatoms. The van der Waals surface area contributed by atoms with Crippen LogP contribution in [0.5, 0.6) is 0 Å². The van der Waals surface area contributed by atoms with E-state index >= 15 is 0 Å². The van der Waals surface area contributed by atoms with Gasteiger partial charge in [0.25, 0.3) is 0 Å². The van der Waals surface area contributed by atoms with Crippen LogP contribution in [-0.2, 0) is 31.9 Å². The molecule has 1 heterocycles. The molecule has 0 aromatic heterocycles. The van der Waals surface area contributed by atoms with Crippen LogP contribution in [-0.4, -0.2) is 80.6 Å². The fourth-order valence-electron chi connectivity index (χ4n) is 7.16. The highest BCUT2D eigenvalue weighted by molar-refractivity contribution is 5.87. The number of hydrogen-bond donors (Lipinski definition) is 0. The molecule has 1 aliphatic carbocycles. The van der Waals surface area contributed by atoms with E-state index in [-0.39, 0.29) is 30.8 Å². The monoisotopic (exact) mass is 575 g/mol. The molecule has 3 unspecified atom stereocenters. The number of carbonyl (C=O) groups excluding carboxylic acids is 2. The van der Waals surface area contributed by atoms with E-state index in [1.165, 1.54) is 38.2 Å². The first-order chi connectivity index (χ1) is 20.4. The number of aliphatic imine (C=N–C) groups is 1. The first kappa shape index (κ1) is 31.7. The van der Waals surface area contributed by atoms with Gasteiger partial charge in [0.05, 0.1) is 26.6 Å². The van der Waals surface area contributed by atoms with Crippen LogP contribution >= 0.6 is 0 Å². The van der Waals surface area contributed by atoms with Crippen LogP contribution in [0.3, 0.4) is 0 Å². The van der Waals surface area contributed by atoms with Crippen molar-refractivity contribution in [1.29, 1.82) is 0 Å². The predicted octanol–water partition coefficient (Wildman–Crippen LogP) is 5.57. The van der Waals surface area contributed by atoms with Crippen molar-refractivity contribution >= 4 is 18.3 Å². The van der Waals surface area contributed by atoms with E-state index in [0.29, 0.717) is 17.9 Å². The van der Waals surface area contributed by atoms with Crippen molar-refractivity contribution in [1.82, 2.24) is 9.80 Å². The average Bonchev–Trinajstić information content (AvgIpc) is 3.37. The Morgan fingerprint density at radius 1 is 0.929 bits per heavy atom. The standard InChI is InChI=1S/C35H49N3O4/c1-37(2)31(20-17-27-11-7-5-8-12-27)30-18-15-29(16-19-30)25-32-35(34(40)42-4,23-21-33(39)41-3)36-26-38(32)24-22-28-13-9-6-10-14-28/h5-14,26,29-32H,15-25H2,1-4H3. The summed E-state index contributed by atoms with van der Waals surface area (Å²) in [6.45, 7) is 0.757. The van der Waals surface area contributed by atoms with Crippen LogP contribution in [0, 0.1) is 11.8 Å². The summed E-state index contributed by atoms with van der Waals surface area (Å²) >= 11 is 0. The summed E-state index contributed by atoms with van der Waals surface area (Å²) in [5.74, 6) is 0.461. The smallest absolute Gasteiger partial charge is 0.335 e. The molecular weight excluding hydrogens is 526 g/mol. The molecule has 2 aromatic rings. The largest absolute Gasteiger partial charge is 0.469 e. The number of aryl methyl sites for hydroxylation is 1. The number of nitrogens with zero attached hydrogens (tertiary/aromatic N) is 3. The maximum atomic E-state index is 13.4. The van der Waals surface area contributed by atoms with Crippen molar-refractivity contribution in [2.75, 3.05) is 34.9 Å². The fraction of sp³-hybridized carbons (Fsp3) is 0.571. The van der Waals surface area contributed by atoms with Gasteiger partial charge in [-0.15, -0.1) is 0 Å². The maximum absolute atomic E-state index is 13.4. The summed E-state index contributed by atoms with van der Waals surface area (Å²) in [5.41, 5.74) is 1.56. The zero-order valence-electron chi connectivity index (χ0n) is 25.9. The lowest BCUT2D eigenvalue weighted by Gasteiger charge is -2.41. The normalized spacial score (nSPS) is 24.5. The molecule has 1 aliphatic heterocycles. The van der Waals surface area contributed by atoms with Gasteiger partial charge < -0.3 is 19.3 Å². The van der Waals surface area contributed by atoms with Gasteiger partial charge in [0, 0.05) is 19.0 Å². The Labute approximate surface area is 252 Å². The maximum Gasteiger partial charge on any atom is 0.335 e. The summed E-state index contributed by atoms with van der Waals surface area (Å²) in [6, 6.07) is 21.6. The van der Waals surface area contributed by atoms with Crippen LogP contribution in [0.15, 0.2) is 65.7 Å². The lowest BCUT2D eigenvalue weighted by Crippen LogP contribution is -2.53. The highest BCUT2D eigenvalue weighted by Gasteiger charge is 2.52. The van der Waals surface area contributed by atoms with Crippen LogP contribution in [0.1, 0.15) is 62.5 Å². The third kappa shape index (κ3) is 8.00. The fourth-order valence-corrected chi connectivity index (χ4v) is 7.16. The number of hydrogen-bond acceptors (Lipinski definition) is 7. The minimum atomic E-state index is -1.10. The van der Waals surface area contributed by atoms with E-state index in [9.17, 15) is 9.59 Å². The zero-order chi connectivity index (χ0) is 30.0. The van der Waals surface area contributed by atoms with Crippen LogP contribution in [0.4, 0.5) is 0 Å². The molecule has 0 amide bonds. The number of ether oxygens (including phenoxy) is 2. The highest BCUT2D eigenvalue weighted by atomic mass is 16.5. The third-order valence-electron chi connectivity index (χ3n) is 9.59. The van der Waals surface area contributed by atoms with Gasteiger partial charge in [-0.2, -0.15) is 0 Å². The van der Waals surface area contributed by atoms with E-state index in [4.69, 9.17) is 14.5 Å². The molecule has 0 N–H and O–H groups in total. The van der Waals surface area contributed by atoms with Crippen molar-refractivity contribution in [3.8, 4) is 0 Å². The van der Waals surface area contributed by atoms with Gasteiger partial charge in [0.15, 0.2) is 5.54 Å². The average molecular weight is 576 g/mol. The number of benzene rings is 2. The van der Waals surface area contributed by atoms with Gasteiger partial charge >= 0.3 is 11.9 Å². The Balaban J connectivity index is 1.45. The number of carbonyl (C=O) groups is 2. The molecule has 0 spiro atoms. The van der Waals surface area contributed by atoms with Crippen molar-refractivity contribution < 1.29 is 19.1 Å². The van der Waals surface area contributed by atoms with Crippen molar-refractivity contribution in [2.45, 2.75) is 81.8 Å². The molecule has 7 nitrogen and oxygen atoms in total. The van der Waals surface area contributed by atoms with Gasteiger partial charge in [-0.25, -0.2) is 4.79 Å². The Morgan fingerprint density at radius 3 is 2.12 bits per heavy atom. The first-order valence-electron chi connectivity index (χ1n) is 15.6. The summed E-state index contributed by atoms with van der Waals surface area (Å²) in [7, 11) is 7.24. The van der Waals surface area contributed by atoms with Gasteiger partial charge in [0.1, 0.15) is 0 Å². The van der Waals surface area contributed by atoms with Crippen LogP contribution < -0.4 is 0 Å². The summed E-state index contributed by atoms with van der Waals surface area (Å²) in [6.07, 6.45) is 10.9. The second-order valence-corrected chi connectivity index (χ2v) is 12.3. The van der Waals surface area contributed by atoms with Gasteiger partial charge in [-0.05, 0) is 82.0 Å². The summed E-state index contributed by atoms with van der Waals surface area (Å²) in [5, 5.41) is 0. The molecule has 1 fully saturated rings. The van der Waals surface area contributed by atoms with Crippen molar-refractivity contribution in [3.63, 3.8) is 0 Å². The SMILES string of the molecule is COC(=O)CCC1(C(=O)OC)N=CN(CCc2ccccc2)C1CC1CCC(C(CCc2ccccc2)N(C)C)CC1. The van der Waals surface area contributed by atoms with E-state index in [2.05, 4.69) is 78.5 Å². The summed E-state index contributed by atoms with van der Waals surface area (Å²) in [4.78, 5) is 35.0. The van der Waals surface area contributed by atoms with Crippen molar-refractivity contribution in [3.05, 3.63) is 71.8 Å². The third-order valence-corrected chi connectivity index (χ3v) is 9.59. The van der Waals surface area contributed by atoms with E-state index < -0.39 is 5.54 Å². The molecule has 0 radical (unpaired) electrons. The van der Waals surface area contributed by atoms with E-state index in [1.54, 1.807) is 0 Å². The second-order valence-electron chi connectivity index (χ2n) is 12.3. The van der Waals surface area contributed by atoms with Gasteiger partial charge in [0.2, 0.25) is 0 Å². The van der Waals surface area contributed by atoms with Crippen molar-refractivity contribution in [2.24, 2.45) is 16.8 Å². The molecule has 0 bridgehead atoms. The quantitative estimate of drug-likeness (QED) is 0.275. The Hall–Kier alpha value is -3.19. The molecule has 1 saturated carbocycles. The Bertz CT molecular complexity index is 1150. The van der Waals surface area contributed by atoms with Gasteiger partial charge in [-0.1, -0.05) is 73.5 Å². The first-order valence-corrected chi connectivity index (χ1v) is 15.6. The topological polar surface area (TPSA) is 71.4 Å². The molecule has 2 aromatic carbocycles. The molecule has 42 heavy (non-hydrogen) atoms. The molecule has 228 valence electrons. The molecular formula is C35H49N3O4.